The van der Waals surface area contributed by atoms with Crippen LogP contribution in [0.25, 0.3) is 11.1 Å². The van der Waals surface area contributed by atoms with E-state index in [0.717, 1.165) is 5.01 Å². The number of nitro groups is 1. The first-order chi connectivity index (χ1) is 14.9. The summed E-state index contributed by atoms with van der Waals surface area (Å²) in [6.07, 6.45) is 0. The Hall–Kier alpha value is -3.89. The second-order valence-corrected chi connectivity index (χ2v) is 7.75. The highest BCUT2D eigenvalue weighted by atomic mass is 16.6. The lowest BCUT2D eigenvalue weighted by molar-refractivity contribution is -0.384. The first-order valence-electron chi connectivity index (χ1n) is 9.54. The lowest BCUT2D eigenvalue weighted by atomic mass is 9.92. The molecule has 11 heteroatoms. The molecule has 0 aliphatic heterocycles. The fourth-order valence-electron chi connectivity index (χ4n) is 3.43. The monoisotopic (exact) mass is 444 g/mol. The van der Waals surface area contributed by atoms with Crippen LogP contribution in [0.4, 0.5) is 5.69 Å². The second kappa shape index (κ2) is 9.50. The summed E-state index contributed by atoms with van der Waals surface area (Å²) in [4.78, 5) is 51.6. The van der Waals surface area contributed by atoms with Gasteiger partial charge in [0.25, 0.3) is 5.69 Å². The number of aryl methyl sites for hydroxylation is 2. The van der Waals surface area contributed by atoms with Crippen molar-refractivity contribution in [2.45, 2.75) is 33.3 Å². The van der Waals surface area contributed by atoms with Gasteiger partial charge in [0.05, 0.1) is 46.4 Å². The molecule has 2 aromatic rings. The Morgan fingerprint density at radius 2 is 1.78 bits per heavy atom. The van der Waals surface area contributed by atoms with Gasteiger partial charge < -0.3 is 9.47 Å². The maximum atomic E-state index is 13.3. The van der Waals surface area contributed by atoms with Crippen LogP contribution < -0.4 is 0 Å². The molecule has 11 nitrogen and oxygen atoms in total. The predicted molar refractivity (Wildman–Crippen MR) is 115 cm³/mol. The molecule has 0 unspecified atom stereocenters. The number of esters is 2. The number of nitrogens with zero attached hydrogens (tertiary/aromatic N) is 4. The number of carbonyl (C=O) groups is 2. The minimum Gasteiger partial charge on any atom is -0.465 e. The Bertz CT molecular complexity index is 1080. The minimum absolute atomic E-state index is 0.00460. The van der Waals surface area contributed by atoms with Gasteiger partial charge in [-0.1, -0.05) is 12.1 Å². The van der Waals surface area contributed by atoms with Gasteiger partial charge in [-0.3, -0.25) is 20.1 Å². The molecule has 0 fully saturated rings. The van der Waals surface area contributed by atoms with Crippen LogP contribution in [0.2, 0.25) is 0 Å². The third-order valence-corrected chi connectivity index (χ3v) is 4.62. The summed E-state index contributed by atoms with van der Waals surface area (Å²) in [5, 5.41) is 15.2. The Kier molecular flexibility index (Phi) is 7.24. The van der Waals surface area contributed by atoms with Crippen molar-refractivity contribution < 1.29 is 24.0 Å². The Morgan fingerprint density at radius 3 is 2.31 bits per heavy atom. The zero-order chi connectivity index (χ0) is 24.2. The van der Waals surface area contributed by atoms with Crippen LogP contribution >= 0.6 is 0 Å². The fraction of sp³-hybridized carbons (Fsp3) is 0.381. The Morgan fingerprint density at radius 1 is 1.19 bits per heavy atom. The Balaban J connectivity index is 2.76. The number of pyridine rings is 1. The number of nitroso groups, excluding NO2 is 1. The van der Waals surface area contributed by atoms with Gasteiger partial charge in [0.1, 0.15) is 5.60 Å². The number of ether oxygens (including phenoxy) is 2. The SMILES string of the molecule is COC(=O)c1c(C)nc(C)c(C(=O)OC(C)(C)CN(C)N=O)c1-c1cccc([N+](=O)[O-])c1. The maximum absolute atomic E-state index is 13.3. The van der Waals surface area contributed by atoms with Crippen LogP contribution in [0.1, 0.15) is 46.0 Å². The lowest BCUT2D eigenvalue weighted by Gasteiger charge is -2.28. The maximum Gasteiger partial charge on any atom is 0.341 e. The number of aromatic nitrogens is 1. The molecule has 0 atom stereocenters. The van der Waals surface area contributed by atoms with Gasteiger partial charge in [-0.05, 0) is 33.3 Å². The van der Waals surface area contributed by atoms with Crippen LogP contribution in [0.15, 0.2) is 29.6 Å². The molecule has 1 heterocycles. The molecule has 2 rings (SSSR count). The molecule has 1 aromatic carbocycles. The fourth-order valence-corrected chi connectivity index (χ4v) is 3.43. The summed E-state index contributed by atoms with van der Waals surface area (Å²) < 4.78 is 10.5. The zero-order valence-corrected chi connectivity index (χ0v) is 18.7. The average molecular weight is 444 g/mol. The van der Waals surface area contributed by atoms with Gasteiger partial charge in [-0.2, -0.15) is 0 Å². The molecule has 0 saturated carbocycles. The molecule has 0 aliphatic carbocycles. The number of non-ortho nitro benzene ring substituents is 1. The molecule has 0 N–H and O–H groups in total. The van der Waals surface area contributed by atoms with E-state index in [4.69, 9.17) is 9.47 Å². The van der Waals surface area contributed by atoms with Gasteiger partial charge >= 0.3 is 11.9 Å². The second-order valence-electron chi connectivity index (χ2n) is 7.75. The van der Waals surface area contributed by atoms with Gasteiger partial charge in [-0.15, -0.1) is 4.91 Å². The van der Waals surface area contributed by atoms with E-state index >= 15 is 0 Å². The highest BCUT2D eigenvalue weighted by Crippen LogP contribution is 2.34. The van der Waals surface area contributed by atoms with Gasteiger partial charge in [0, 0.05) is 24.7 Å². The molecule has 32 heavy (non-hydrogen) atoms. The van der Waals surface area contributed by atoms with E-state index in [-0.39, 0.29) is 45.9 Å². The summed E-state index contributed by atoms with van der Waals surface area (Å²) in [5.74, 6) is -1.57. The van der Waals surface area contributed by atoms with Crippen molar-refractivity contribution in [1.82, 2.24) is 9.99 Å². The standard InChI is InChI=1S/C21H24N4O7/c1-12-16(19(26)31-6)18(14-8-7-9-15(10-14)25(29)30)17(13(2)22-12)20(27)32-21(3,4)11-24(5)23-28/h7-10H,11H2,1-6H3. The molecule has 0 saturated heterocycles. The predicted octanol–water partition coefficient (Wildman–Crippen LogP) is 3.61. The largest absolute Gasteiger partial charge is 0.465 e. The van der Waals surface area contributed by atoms with E-state index < -0.39 is 22.5 Å². The normalized spacial score (nSPS) is 10.9. The molecular formula is C21H24N4O7. The summed E-state index contributed by atoms with van der Waals surface area (Å²) in [6, 6.07) is 5.54. The highest BCUT2D eigenvalue weighted by molar-refractivity contribution is 6.07. The molecule has 0 bridgehead atoms. The van der Waals surface area contributed by atoms with Crippen LogP contribution in [0.5, 0.6) is 0 Å². The van der Waals surface area contributed by atoms with Gasteiger partial charge in [0.2, 0.25) is 0 Å². The summed E-state index contributed by atoms with van der Waals surface area (Å²) >= 11 is 0. The summed E-state index contributed by atoms with van der Waals surface area (Å²) in [7, 11) is 2.62. The van der Waals surface area contributed by atoms with E-state index in [1.54, 1.807) is 33.8 Å². The van der Waals surface area contributed by atoms with Crippen LogP contribution in [-0.4, -0.2) is 53.2 Å². The van der Waals surface area contributed by atoms with Gasteiger partial charge in [-0.25, -0.2) is 9.59 Å². The number of hydrogen-bond acceptors (Lipinski definition) is 9. The van der Waals surface area contributed by atoms with Crippen molar-refractivity contribution in [2.24, 2.45) is 5.29 Å². The van der Waals surface area contributed by atoms with Crippen molar-refractivity contribution in [2.75, 3.05) is 20.7 Å². The third-order valence-electron chi connectivity index (χ3n) is 4.62. The number of benzene rings is 1. The Labute approximate surface area is 184 Å². The number of nitro benzene ring substituents is 1. The first-order valence-corrected chi connectivity index (χ1v) is 9.54. The molecule has 0 radical (unpaired) electrons. The minimum atomic E-state index is -1.12. The van der Waals surface area contributed by atoms with E-state index in [0.29, 0.717) is 0 Å². The quantitative estimate of drug-likeness (QED) is 0.258. The van der Waals surface area contributed by atoms with Gasteiger partial charge in [0.15, 0.2) is 0 Å². The first kappa shape index (κ1) is 24.4. The summed E-state index contributed by atoms with van der Waals surface area (Å²) in [5.41, 5.74) is -0.457. The lowest BCUT2D eigenvalue weighted by Crippen LogP contribution is -2.38. The molecule has 1 aromatic heterocycles. The van der Waals surface area contributed by atoms with E-state index in [1.165, 1.54) is 32.4 Å². The molecule has 170 valence electrons. The molecule has 0 spiro atoms. The number of carbonyl (C=O) groups excluding carboxylic acids is 2. The highest BCUT2D eigenvalue weighted by Gasteiger charge is 2.32. The smallest absolute Gasteiger partial charge is 0.341 e. The van der Waals surface area contributed by atoms with Crippen molar-refractivity contribution in [3.8, 4) is 11.1 Å². The van der Waals surface area contributed by atoms with Crippen molar-refractivity contribution in [3.63, 3.8) is 0 Å². The van der Waals surface area contributed by atoms with E-state index in [9.17, 15) is 24.6 Å². The number of methoxy groups -OCH3 is 1. The van der Waals surface area contributed by atoms with Crippen molar-refractivity contribution >= 4 is 17.6 Å². The van der Waals surface area contributed by atoms with E-state index in [2.05, 4.69) is 10.3 Å². The van der Waals surface area contributed by atoms with Crippen LogP contribution in [0, 0.1) is 28.9 Å². The topological polar surface area (TPSA) is 141 Å². The van der Waals surface area contributed by atoms with E-state index in [1.807, 2.05) is 0 Å². The molecule has 0 amide bonds. The number of rotatable bonds is 8. The van der Waals surface area contributed by atoms with Crippen molar-refractivity contribution in [1.29, 1.82) is 0 Å². The zero-order valence-electron chi connectivity index (χ0n) is 18.7. The molecular weight excluding hydrogens is 420 g/mol. The van der Waals surface area contributed by atoms with Crippen LogP contribution in [0.3, 0.4) is 0 Å². The summed E-state index contributed by atoms with van der Waals surface area (Å²) in [6.45, 7) is 6.34. The number of hydrogen-bond donors (Lipinski definition) is 0. The number of likely N-dealkylation sites (N-methyl/N-ethyl adjacent to an activating group) is 1. The average Bonchev–Trinajstić information content (AvgIpc) is 2.71. The van der Waals surface area contributed by atoms with Crippen LogP contribution in [-0.2, 0) is 9.47 Å². The third kappa shape index (κ3) is 5.23. The van der Waals surface area contributed by atoms with Crippen molar-refractivity contribution in [3.05, 3.63) is 61.8 Å². The molecule has 0 aliphatic rings.